The normalized spacial score (nSPS) is 11.6. The standard InChI is InChI=1S/C24H22N4O2/c1-2-26-23(29)16-9-6-10-18(13-16)27-22(15-7-4-3-5-8-15)21-19-14-17(25)11-12-20(19)28-24(21)30/h3-14,28,30H,2,25H2,1H3,(H,26,29). The zero-order chi connectivity index (χ0) is 21.1. The molecule has 0 aliphatic rings. The lowest BCUT2D eigenvalue weighted by Crippen LogP contribution is -2.22. The van der Waals surface area contributed by atoms with E-state index in [-0.39, 0.29) is 11.8 Å². The van der Waals surface area contributed by atoms with Crippen molar-refractivity contribution < 1.29 is 9.90 Å². The number of amides is 1. The Labute approximate surface area is 174 Å². The van der Waals surface area contributed by atoms with E-state index in [2.05, 4.69) is 10.3 Å². The van der Waals surface area contributed by atoms with Gasteiger partial charge in [-0.05, 0) is 43.3 Å². The summed E-state index contributed by atoms with van der Waals surface area (Å²) in [5.41, 5.74) is 10.5. The third-order valence-corrected chi connectivity index (χ3v) is 4.77. The van der Waals surface area contributed by atoms with Gasteiger partial charge < -0.3 is 21.1 Å². The number of nitrogens with one attached hydrogen (secondary N) is 2. The Morgan fingerprint density at radius 3 is 2.57 bits per heavy atom. The molecule has 30 heavy (non-hydrogen) atoms. The summed E-state index contributed by atoms with van der Waals surface area (Å²) in [7, 11) is 0. The van der Waals surface area contributed by atoms with Gasteiger partial charge in [-0.3, -0.25) is 4.79 Å². The van der Waals surface area contributed by atoms with Gasteiger partial charge >= 0.3 is 0 Å². The van der Waals surface area contributed by atoms with Gasteiger partial charge in [-0.15, -0.1) is 0 Å². The largest absolute Gasteiger partial charge is 0.494 e. The fraction of sp³-hybridized carbons (Fsp3) is 0.0833. The maximum absolute atomic E-state index is 12.2. The van der Waals surface area contributed by atoms with Gasteiger partial charge in [-0.1, -0.05) is 36.4 Å². The monoisotopic (exact) mass is 398 g/mol. The van der Waals surface area contributed by atoms with Gasteiger partial charge in [0.2, 0.25) is 0 Å². The van der Waals surface area contributed by atoms with Crippen LogP contribution in [0.2, 0.25) is 0 Å². The van der Waals surface area contributed by atoms with Crippen LogP contribution >= 0.6 is 0 Å². The molecule has 4 aromatic rings. The fourth-order valence-corrected chi connectivity index (χ4v) is 3.40. The second kappa shape index (κ2) is 8.13. The molecule has 0 radical (unpaired) electrons. The number of carbonyl (C=O) groups is 1. The van der Waals surface area contributed by atoms with Gasteiger partial charge in [0.05, 0.1) is 17.0 Å². The number of rotatable bonds is 5. The quantitative estimate of drug-likeness (QED) is 0.296. The minimum absolute atomic E-state index is 0.0121. The first-order chi connectivity index (χ1) is 14.6. The van der Waals surface area contributed by atoms with Gasteiger partial charge in [-0.2, -0.15) is 0 Å². The van der Waals surface area contributed by atoms with Crippen molar-refractivity contribution in [2.75, 3.05) is 12.3 Å². The maximum Gasteiger partial charge on any atom is 0.251 e. The summed E-state index contributed by atoms with van der Waals surface area (Å²) in [5, 5.41) is 14.3. The molecule has 0 atom stereocenters. The molecule has 4 rings (SSSR count). The van der Waals surface area contributed by atoms with Crippen LogP contribution in [0.3, 0.4) is 0 Å². The van der Waals surface area contributed by atoms with Crippen LogP contribution in [0.1, 0.15) is 28.4 Å². The highest BCUT2D eigenvalue weighted by Gasteiger charge is 2.19. The van der Waals surface area contributed by atoms with Gasteiger partial charge in [0, 0.05) is 34.3 Å². The van der Waals surface area contributed by atoms with E-state index in [9.17, 15) is 9.90 Å². The number of aromatic hydroxyl groups is 1. The number of benzene rings is 3. The van der Waals surface area contributed by atoms with Crippen LogP contribution in [0.5, 0.6) is 5.88 Å². The average Bonchev–Trinajstić information content (AvgIpc) is 3.08. The minimum Gasteiger partial charge on any atom is -0.494 e. The second-order valence-corrected chi connectivity index (χ2v) is 6.89. The smallest absolute Gasteiger partial charge is 0.251 e. The number of aliphatic imine (C=N–C) groups is 1. The Morgan fingerprint density at radius 2 is 1.80 bits per heavy atom. The number of H-pyrrole nitrogens is 1. The molecular weight excluding hydrogens is 376 g/mol. The van der Waals surface area contributed by atoms with Crippen molar-refractivity contribution in [1.29, 1.82) is 0 Å². The number of aromatic nitrogens is 1. The predicted octanol–water partition coefficient (Wildman–Crippen LogP) is 4.37. The molecule has 0 spiro atoms. The number of fused-ring (bicyclic) bond motifs is 1. The fourth-order valence-electron chi connectivity index (χ4n) is 3.40. The van der Waals surface area contributed by atoms with Crippen molar-refractivity contribution in [3.63, 3.8) is 0 Å². The zero-order valence-electron chi connectivity index (χ0n) is 16.5. The summed E-state index contributed by atoms with van der Waals surface area (Å²) < 4.78 is 0. The molecule has 0 unspecified atom stereocenters. The van der Waals surface area contributed by atoms with E-state index in [1.165, 1.54) is 0 Å². The van der Waals surface area contributed by atoms with E-state index in [1.54, 1.807) is 24.3 Å². The molecular formula is C24H22N4O2. The molecule has 1 aromatic heterocycles. The molecule has 3 aromatic carbocycles. The van der Waals surface area contributed by atoms with E-state index in [4.69, 9.17) is 10.7 Å². The van der Waals surface area contributed by atoms with Crippen molar-refractivity contribution >= 4 is 33.9 Å². The topological polar surface area (TPSA) is 103 Å². The highest BCUT2D eigenvalue weighted by Crippen LogP contribution is 2.32. The van der Waals surface area contributed by atoms with E-state index in [0.717, 1.165) is 16.5 Å². The van der Waals surface area contributed by atoms with E-state index in [0.29, 0.717) is 34.8 Å². The molecule has 0 saturated heterocycles. The first-order valence-electron chi connectivity index (χ1n) is 9.69. The molecule has 0 aliphatic heterocycles. The van der Waals surface area contributed by atoms with Gasteiger partial charge in [0.1, 0.15) is 0 Å². The molecule has 150 valence electrons. The Balaban J connectivity index is 1.92. The molecule has 6 nitrogen and oxygen atoms in total. The summed E-state index contributed by atoms with van der Waals surface area (Å²) in [6, 6.07) is 22.1. The van der Waals surface area contributed by atoms with Crippen LogP contribution < -0.4 is 11.1 Å². The molecule has 0 fully saturated rings. The lowest BCUT2D eigenvalue weighted by Gasteiger charge is -2.09. The lowest BCUT2D eigenvalue weighted by molar-refractivity contribution is 0.0956. The summed E-state index contributed by atoms with van der Waals surface area (Å²) in [4.78, 5) is 20.1. The highest BCUT2D eigenvalue weighted by atomic mass is 16.3. The summed E-state index contributed by atoms with van der Waals surface area (Å²) in [5.74, 6) is -0.142. The van der Waals surface area contributed by atoms with E-state index >= 15 is 0 Å². The molecule has 1 heterocycles. The third-order valence-electron chi connectivity index (χ3n) is 4.77. The second-order valence-electron chi connectivity index (χ2n) is 6.89. The molecule has 1 amide bonds. The van der Waals surface area contributed by atoms with Gasteiger partial charge in [0.15, 0.2) is 5.88 Å². The first kappa shape index (κ1) is 19.3. The molecule has 0 aliphatic carbocycles. The number of nitrogen functional groups attached to an aromatic ring is 1. The van der Waals surface area contributed by atoms with E-state index < -0.39 is 0 Å². The summed E-state index contributed by atoms with van der Waals surface area (Å²) in [6.07, 6.45) is 0. The lowest BCUT2D eigenvalue weighted by atomic mass is 10.0. The third kappa shape index (κ3) is 3.75. The van der Waals surface area contributed by atoms with Crippen LogP contribution in [0, 0.1) is 0 Å². The number of nitrogens with two attached hydrogens (primary N) is 1. The maximum atomic E-state index is 12.2. The van der Waals surface area contributed by atoms with Crippen molar-refractivity contribution in [3.8, 4) is 5.88 Å². The van der Waals surface area contributed by atoms with Crippen LogP contribution in [0.25, 0.3) is 10.9 Å². The van der Waals surface area contributed by atoms with Crippen LogP contribution in [-0.4, -0.2) is 28.3 Å². The summed E-state index contributed by atoms with van der Waals surface area (Å²) in [6.45, 7) is 2.42. The number of hydrogen-bond donors (Lipinski definition) is 4. The number of aromatic amines is 1. The Kier molecular flexibility index (Phi) is 5.22. The van der Waals surface area contributed by atoms with Crippen molar-refractivity contribution in [2.24, 2.45) is 4.99 Å². The van der Waals surface area contributed by atoms with Crippen LogP contribution in [-0.2, 0) is 0 Å². The summed E-state index contributed by atoms with van der Waals surface area (Å²) >= 11 is 0. The highest BCUT2D eigenvalue weighted by molar-refractivity contribution is 6.22. The van der Waals surface area contributed by atoms with Gasteiger partial charge in [-0.25, -0.2) is 4.99 Å². The van der Waals surface area contributed by atoms with Crippen molar-refractivity contribution in [3.05, 3.63) is 89.5 Å². The molecule has 6 heteroatoms. The number of hydrogen-bond acceptors (Lipinski definition) is 4. The number of anilines is 1. The first-order valence-corrected chi connectivity index (χ1v) is 9.69. The minimum atomic E-state index is -0.154. The Bertz CT molecular complexity index is 1240. The number of carbonyl (C=O) groups excluding carboxylic acids is 1. The number of nitrogens with zero attached hydrogens (tertiary/aromatic N) is 1. The SMILES string of the molecule is CCNC(=O)c1cccc(N=C(c2ccccc2)c2c(O)[nH]c3ccc(N)cc23)c1. The zero-order valence-corrected chi connectivity index (χ0v) is 16.5. The Morgan fingerprint density at radius 1 is 1.03 bits per heavy atom. The van der Waals surface area contributed by atoms with E-state index in [1.807, 2.05) is 55.5 Å². The van der Waals surface area contributed by atoms with Gasteiger partial charge in [0.25, 0.3) is 5.91 Å². The van der Waals surface area contributed by atoms with Crippen molar-refractivity contribution in [2.45, 2.75) is 6.92 Å². The Hall–Kier alpha value is -4.06. The predicted molar refractivity (Wildman–Crippen MR) is 121 cm³/mol. The molecule has 5 N–H and O–H groups in total. The van der Waals surface area contributed by atoms with Crippen LogP contribution in [0.15, 0.2) is 77.8 Å². The van der Waals surface area contributed by atoms with Crippen LogP contribution in [0.4, 0.5) is 11.4 Å². The molecule has 0 bridgehead atoms. The average molecular weight is 398 g/mol. The molecule has 0 saturated carbocycles. The van der Waals surface area contributed by atoms with Crippen molar-refractivity contribution in [1.82, 2.24) is 10.3 Å².